The van der Waals surface area contributed by atoms with Crippen molar-refractivity contribution in [2.75, 3.05) is 11.6 Å². The fourth-order valence-electron chi connectivity index (χ4n) is 2.64. The highest BCUT2D eigenvalue weighted by Gasteiger charge is 2.09. The standard InChI is InChI=1S/C18H19N3O3S/c1-13-7-8-17-20-15(9-18(22)21(17)11-13)10-19-16-6-4-3-5-14(16)12-25(2,23)24/h3-9,11,19H,10,12H2,1-2H3. The molecule has 0 bridgehead atoms. The summed E-state index contributed by atoms with van der Waals surface area (Å²) in [4.78, 5) is 16.7. The molecule has 0 atom stereocenters. The van der Waals surface area contributed by atoms with Crippen LogP contribution in [0.15, 0.2) is 53.5 Å². The molecule has 0 radical (unpaired) electrons. The molecular weight excluding hydrogens is 338 g/mol. The van der Waals surface area contributed by atoms with E-state index in [-0.39, 0.29) is 11.3 Å². The van der Waals surface area contributed by atoms with E-state index < -0.39 is 9.84 Å². The molecule has 25 heavy (non-hydrogen) atoms. The average Bonchev–Trinajstić information content (AvgIpc) is 2.53. The first-order valence-corrected chi connectivity index (χ1v) is 9.86. The summed E-state index contributed by atoms with van der Waals surface area (Å²) in [6.07, 6.45) is 2.96. The van der Waals surface area contributed by atoms with Gasteiger partial charge < -0.3 is 5.32 Å². The van der Waals surface area contributed by atoms with Crippen LogP contribution >= 0.6 is 0 Å². The second kappa shape index (κ2) is 6.68. The van der Waals surface area contributed by atoms with Crippen LogP contribution in [-0.2, 0) is 22.1 Å². The predicted molar refractivity (Wildman–Crippen MR) is 98.5 cm³/mol. The Morgan fingerprint density at radius 3 is 2.68 bits per heavy atom. The molecule has 2 aromatic heterocycles. The SMILES string of the molecule is Cc1ccc2nc(CNc3ccccc3CS(C)(=O)=O)cc(=O)n2c1. The number of fused-ring (bicyclic) bond motifs is 1. The third-order valence-electron chi connectivity index (χ3n) is 3.76. The van der Waals surface area contributed by atoms with Gasteiger partial charge in [0, 0.05) is 24.2 Å². The van der Waals surface area contributed by atoms with Gasteiger partial charge in [-0.05, 0) is 30.2 Å². The molecule has 0 aliphatic heterocycles. The smallest absolute Gasteiger partial charge is 0.258 e. The van der Waals surface area contributed by atoms with E-state index in [9.17, 15) is 13.2 Å². The van der Waals surface area contributed by atoms with E-state index in [1.807, 2.05) is 25.1 Å². The third kappa shape index (κ3) is 4.24. The molecule has 0 aliphatic rings. The van der Waals surface area contributed by atoms with E-state index in [2.05, 4.69) is 10.3 Å². The van der Waals surface area contributed by atoms with Crippen LogP contribution < -0.4 is 10.9 Å². The van der Waals surface area contributed by atoms with Crippen molar-refractivity contribution in [2.24, 2.45) is 0 Å². The number of para-hydroxylation sites is 1. The molecule has 3 rings (SSSR count). The molecule has 0 unspecified atom stereocenters. The lowest BCUT2D eigenvalue weighted by Gasteiger charge is -2.11. The molecular formula is C18H19N3O3S. The quantitative estimate of drug-likeness (QED) is 0.757. The van der Waals surface area contributed by atoms with Crippen molar-refractivity contribution in [2.45, 2.75) is 19.2 Å². The van der Waals surface area contributed by atoms with Gasteiger partial charge in [-0.25, -0.2) is 13.4 Å². The summed E-state index contributed by atoms with van der Waals surface area (Å²) in [6.45, 7) is 2.25. The topological polar surface area (TPSA) is 80.5 Å². The Hall–Kier alpha value is -2.67. The molecule has 0 saturated carbocycles. The summed E-state index contributed by atoms with van der Waals surface area (Å²) in [5.74, 6) is -0.0384. The van der Waals surface area contributed by atoms with Crippen molar-refractivity contribution in [3.05, 3.63) is 75.8 Å². The fourth-order valence-corrected chi connectivity index (χ4v) is 3.45. The van der Waals surface area contributed by atoms with Crippen LogP contribution in [0.4, 0.5) is 5.69 Å². The van der Waals surface area contributed by atoms with Crippen molar-refractivity contribution < 1.29 is 8.42 Å². The molecule has 7 heteroatoms. The summed E-state index contributed by atoms with van der Waals surface area (Å²) in [5, 5.41) is 3.18. The van der Waals surface area contributed by atoms with Crippen LogP contribution in [0.2, 0.25) is 0 Å². The summed E-state index contributed by atoms with van der Waals surface area (Å²) in [6, 6.07) is 12.4. The minimum atomic E-state index is -3.13. The Bertz CT molecular complexity index is 1090. The number of pyridine rings is 1. The highest BCUT2D eigenvalue weighted by Crippen LogP contribution is 2.18. The lowest BCUT2D eigenvalue weighted by Crippen LogP contribution is -2.17. The first-order valence-electron chi connectivity index (χ1n) is 7.80. The zero-order valence-corrected chi connectivity index (χ0v) is 14.9. The molecule has 0 aliphatic carbocycles. The Balaban J connectivity index is 1.86. The fraction of sp³-hybridized carbons (Fsp3) is 0.222. The van der Waals surface area contributed by atoms with Crippen molar-refractivity contribution in [3.8, 4) is 0 Å². The van der Waals surface area contributed by atoms with Gasteiger partial charge in [0.05, 0.1) is 18.0 Å². The normalized spacial score (nSPS) is 11.6. The van der Waals surface area contributed by atoms with E-state index in [1.54, 1.807) is 24.4 Å². The highest BCUT2D eigenvalue weighted by molar-refractivity contribution is 7.89. The molecule has 3 aromatic rings. The summed E-state index contributed by atoms with van der Waals surface area (Å²) in [5.41, 5.74) is 3.44. The summed E-state index contributed by atoms with van der Waals surface area (Å²) in [7, 11) is -3.13. The largest absolute Gasteiger partial charge is 0.379 e. The Labute approximate surface area is 146 Å². The lowest BCUT2D eigenvalue weighted by atomic mass is 10.2. The number of aryl methyl sites for hydroxylation is 1. The van der Waals surface area contributed by atoms with Crippen LogP contribution in [0.25, 0.3) is 5.65 Å². The second-order valence-corrected chi connectivity index (χ2v) is 8.24. The molecule has 6 nitrogen and oxygen atoms in total. The molecule has 1 aromatic carbocycles. The van der Waals surface area contributed by atoms with Crippen molar-refractivity contribution >= 4 is 21.2 Å². The number of hydrogen-bond donors (Lipinski definition) is 1. The van der Waals surface area contributed by atoms with Crippen LogP contribution in [-0.4, -0.2) is 24.1 Å². The van der Waals surface area contributed by atoms with Crippen LogP contribution in [0.3, 0.4) is 0 Å². The number of nitrogens with zero attached hydrogens (tertiary/aromatic N) is 2. The third-order valence-corrected chi connectivity index (χ3v) is 4.59. The van der Waals surface area contributed by atoms with Gasteiger partial charge in [0.25, 0.3) is 5.56 Å². The van der Waals surface area contributed by atoms with Gasteiger partial charge in [0.1, 0.15) is 5.65 Å². The molecule has 0 saturated heterocycles. The number of sulfone groups is 1. The lowest BCUT2D eigenvalue weighted by molar-refractivity contribution is 0.601. The molecule has 130 valence electrons. The van der Waals surface area contributed by atoms with Crippen molar-refractivity contribution in [1.29, 1.82) is 0 Å². The van der Waals surface area contributed by atoms with Gasteiger partial charge in [0.15, 0.2) is 9.84 Å². The molecule has 1 N–H and O–H groups in total. The molecule has 0 amide bonds. The molecule has 2 heterocycles. The first-order chi connectivity index (χ1) is 11.8. The molecule has 0 fully saturated rings. The van der Waals surface area contributed by atoms with Gasteiger partial charge >= 0.3 is 0 Å². The highest BCUT2D eigenvalue weighted by atomic mass is 32.2. The summed E-state index contributed by atoms with van der Waals surface area (Å²) >= 11 is 0. The maximum absolute atomic E-state index is 12.2. The van der Waals surface area contributed by atoms with E-state index in [4.69, 9.17) is 0 Å². The number of rotatable bonds is 5. The van der Waals surface area contributed by atoms with E-state index in [0.29, 0.717) is 23.4 Å². The second-order valence-electron chi connectivity index (χ2n) is 6.10. The molecule has 0 spiro atoms. The Morgan fingerprint density at radius 2 is 1.92 bits per heavy atom. The van der Waals surface area contributed by atoms with E-state index in [1.165, 1.54) is 16.7 Å². The minimum absolute atomic E-state index is 0.0384. The van der Waals surface area contributed by atoms with Crippen LogP contribution in [0.5, 0.6) is 0 Å². The van der Waals surface area contributed by atoms with Gasteiger partial charge in [-0.2, -0.15) is 0 Å². The first kappa shape index (κ1) is 17.2. The van der Waals surface area contributed by atoms with Gasteiger partial charge in [-0.15, -0.1) is 0 Å². The average molecular weight is 357 g/mol. The Kier molecular flexibility index (Phi) is 4.59. The number of hydrogen-bond acceptors (Lipinski definition) is 5. The predicted octanol–water partition coefficient (Wildman–Crippen LogP) is 2.16. The number of nitrogens with one attached hydrogen (secondary N) is 1. The zero-order chi connectivity index (χ0) is 18.0. The monoisotopic (exact) mass is 357 g/mol. The maximum atomic E-state index is 12.2. The maximum Gasteiger partial charge on any atom is 0.258 e. The van der Waals surface area contributed by atoms with Gasteiger partial charge in [-0.1, -0.05) is 24.3 Å². The van der Waals surface area contributed by atoms with Crippen LogP contribution in [0.1, 0.15) is 16.8 Å². The summed E-state index contributed by atoms with van der Waals surface area (Å²) < 4.78 is 24.6. The van der Waals surface area contributed by atoms with Gasteiger partial charge in [-0.3, -0.25) is 9.20 Å². The van der Waals surface area contributed by atoms with E-state index in [0.717, 1.165) is 11.3 Å². The number of anilines is 1. The minimum Gasteiger partial charge on any atom is -0.379 e. The van der Waals surface area contributed by atoms with Gasteiger partial charge in [0.2, 0.25) is 0 Å². The van der Waals surface area contributed by atoms with E-state index >= 15 is 0 Å². The Morgan fingerprint density at radius 1 is 1.16 bits per heavy atom. The number of aromatic nitrogens is 2. The zero-order valence-electron chi connectivity index (χ0n) is 14.1. The number of benzene rings is 1. The van der Waals surface area contributed by atoms with Crippen molar-refractivity contribution in [3.63, 3.8) is 0 Å². The van der Waals surface area contributed by atoms with Crippen LogP contribution in [0, 0.1) is 6.92 Å². The van der Waals surface area contributed by atoms with Crippen molar-refractivity contribution in [1.82, 2.24) is 9.38 Å².